The van der Waals surface area contributed by atoms with E-state index in [0.717, 1.165) is 11.8 Å². The van der Waals surface area contributed by atoms with Crippen LogP contribution in [0.1, 0.15) is 45.4 Å². The fourth-order valence-electron chi connectivity index (χ4n) is 5.08. The Morgan fingerprint density at radius 1 is 1.22 bits per heavy atom. The molecule has 3 nitrogen and oxygen atoms in total. The average molecular weight is 247 g/mol. The second kappa shape index (κ2) is 4.26. The summed E-state index contributed by atoms with van der Waals surface area (Å²) in [5, 5.41) is 9.19. The van der Waals surface area contributed by atoms with Gasteiger partial charge in [-0.3, -0.25) is 4.79 Å². The first kappa shape index (κ1) is 12.0. The molecule has 0 heterocycles. The van der Waals surface area contributed by atoms with Gasteiger partial charge in [0.25, 0.3) is 0 Å². The van der Waals surface area contributed by atoms with Gasteiger partial charge in [-0.15, -0.1) is 0 Å². The Morgan fingerprint density at radius 3 is 2.22 bits per heavy atom. The zero-order valence-electron chi connectivity index (χ0n) is 11.0. The van der Waals surface area contributed by atoms with Crippen LogP contribution in [0.2, 0.25) is 0 Å². The molecule has 0 spiro atoms. The topological polar surface area (TPSA) is 50.1 Å². The number of rotatable bonds is 3. The molecule has 4 aliphatic carbocycles. The highest BCUT2D eigenvalue weighted by atomic mass is 16.5. The number of ether oxygens (including phenoxy) is 1. The quantitative estimate of drug-likeness (QED) is 0.720. The largest absolute Gasteiger partial charge is 0.465 e. The van der Waals surface area contributed by atoms with Gasteiger partial charge in [0.15, 0.2) is 0 Å². The lowest BCUT2D eigenvalue weighted by Gasteiger charge is -2.60. The standard InChI is InChI=1S/C15H21NO2/c1-10(17)18-9-15(2-3-16)13-5-11-4-12(7-13)8-14(15)6-11/h11-14H,2,4-9H2,1H3. The van der Waals surface area contributed by atoms with Crippen LogP contribution in [0.5, 0.6) is 0 Å². The third kappa shape index (κ3) is 1.74. The zero-order valence-corrected chi connectivity index (χ0v) is 11.0. The predicted octanol–water partition coefficient (Wildman–Crippen LogP) is 2.91. The molecule has 0 aromatic carbocycles. The number of nitriles is 1. The van der Waals surface area contributed by atoms with Crippen LogP contribution in [-0.2, 0) is 9.53 Å². The maximum absolute atomic E-state index is 11.1. The summed E-state index contributed by atoms with van der Waals surface area (Å²) in [4.78, 5) is 11.1. The highest BCUT2D eigenvalue weighted by Crippen LogP contribution is 2.63. The lowest BCUT2D eigenvalue weighted by Crippen LogP contribution is -2.55. The minimum absolute atomic E-state index is 0.0200. The SMILES string of the molecule is CC(=O)OCC1(CC#N)C2CC3CC(C2)CC1C3. The van der Waals surface area contributed by atoms with Crippen molar-refractivity contribution in [1.29, 1.82) is 5.26 Å². The van der Waals surface area contributed by atoms with E-state index in [1.807, 2.05) is 0 Å². The summed E-state index contributed by atoms with van der Waals surface area (Å²) in [6, 6.07) is 2.37. The molecule has 0 N–H and O–H groups in total. The summed E-state index contributed by atoms with van der Waals surface area (Å²) >= 11 is 0. The smallest absolute Gasteiger partial charge is 0.302 e. The molecule has 0 aliphatic heterocycles. The van der Waals surface area contributed by atoms with E-state index >= 15 is 0 Å². The number of carbonyl (C=O) groups excluding carboxylic acids is 1. The maximum atomic E-state index is 11.1. The fourth-order valence-corrected chi connectivity index (χ4v) is 5.08. The molecule has 4 aliphatic rings. The fraction of sp³-hybridized carbons (Fsp3) is 0.867. The van der Waals surface area contributed by atoms with E-state index in [2.05, 4.69) is 6.07 Å². The third-order valence-electron chi connectivity index (χ3n) is 5.72. The first-order valence-corrected chi connectivity index (χ1v) is 7.14. The molecule has 0 aromatic heterocycles. The van der Waals surface area contributed by atoms with Crippen LogP contribution >= 0.6 is 0 Å². The number of carbonyl (C=O) groups is 1. The van der Waals surface area contributed by atoms with Crippen molar-refractivity contribution in [2.75, 3.05) is 6.61 Å². The molecule has 3 heteroatoms. The van der Waals surface area contributed by atoms with Crippen LogP contribution in [0.3, 0.4) is 0 Å². The highest BCUT2D eigenvalue weighted by molar-refractivity contribution is 5.65. The van der Waals surface area contributed by atoms with Crippen molar-refractivity contribution in [2.45, 2.75) is 45.4 Å². The van der Waals surface area contributed by atoms with Crippen molar-refractivity contribution < 1.29 is 9.53 Å². The molecule has 4 bridgehead atoms. The van der Waals surface area contributed by atoms with Gasteiger partial charge in [0.05, 0.1) is 12.7 Å². The lowest BCUT2D eigenvalue weighted by molar-refractivity contribution is -0.164. The van der Waals surface area contributed by atoms with Crippen molar-refractivity contribution >= 4 is 5.97 Å². The molecule has 0 amide bonds. The van der Waals surface area contributed by atoms with Crippen molar-refractivity contribution in [3.05, 3.63) is 0 Å². The lowest BCUT2D eigenvalue weighted by atomic mass is 9.45. The predicted molar refractivity (Wildman–Crippen MR) is 66.3 cm³/mol. The first-order valence-electron chi connectivity index (χ1n) is 7.14. The van der Waals surface area contributed by atoms with Gasteiger partial charge in [-0.1, -0.05) is 0 Å². The number of hydrogen-bond donors (Lipinski definition) is 0. The molecular weight excluding hydrogens is 226 g/mol. The molecule has 0 saturated heterocycles. The van der Waals surface area contributed by atoms with E-state index in [4.69, 9.17) is 4.74 Å². The summed E-state index contributed by atoms with van der Waals surface area (Å²) in [5.41, 5.74) is -0.0200. The Kier molecular flexibility index (Phi) is 2.84. The van der Waals surface area contributed by atoms with Gasteiger partial charge < -0.3 is 4.74 Å². The van der Waals surface area contributed by atoms with Gasteiger partial charge in [-0.2, -0.15) is 5.26 Å². The molecule has 0 radical (unpaired) electrons. The Hall–Kier alpha value is -1.04. The van der Waals surface area contributed by atoms with Crippen LogP contribution in [-0.4, -0.2) is 12.6 Å². The molecule has 4 saturated carbocycles. The molecule has 0 unspecified atom stereocenters. The Balaban J connectivity index is 1.84. The maximum Gasteiger partial charge on any atom is 0.302 e. The van der Waals surface area contributed by atoms with Gasteiger partial charge in [-0.25, -0.2) is 0 Å². The van der Waals surface area contributed by atoms with Crippen LogP contribution in [0.4, 0.5) is 0 Å². The van der Waals surface area contributed by atoms with E-state index in [1.165, 1.54) is 39.0 Å². The molecule has 98 valence electrons. The van der Waals surface area contributed by atoms with Crippen molar-refractivity contribution in [3.8, 4) is 6.07 Å². The Labute approximate surface area is 108 Å². The normalized spacial score (nSPS) is 44.7. The van der Waals surface area contributed by atoms with Gasteiger partial charge in [-0.05, 0) is 55.8 Å². The summed E-state index contributed by atoms with van der Waals surface area (Å²) in [6.07, 6.45) is 7.01. The highest BCUT2D eigenvalue weighted by Gasteiger charge is 2.57. The van der Waals surface area contributed by atoms with E-state index in [1.54, 1.807) is 0 Å². The summed E-state index contributed by atoms with van der Waals surface area (Å²) < 4.78 is 5.33. The third-order valence-corrected chi connectivity index (χ3v) is 5.72. The van der Waals surface area contributed by atoms with Gasteiger partial charge in [0.1, 0.15) is 0 Å². The van der Waals surface area contributed by atoms with Crippen molar-refractivity contribution in [3.63, 3.8) is 0 Å². The van der Waals surface area contributed by atoms with E-state index in [0.29, 0.717) is 24.9 Å². The molecule has 4 rings (SSSR count). The van der Waals surface area contributed by atoms with E-state index in [9.17, 15) is 10.1 Å². The Morgan fingerprint density at radius 2 is 1.78 bits per heavy atom. The molecule has 0 atom stereocenters. The molecule has 4 fully saturated rings. The van der Waals surface area contributed by atoms with E-state index in [-0.39, 0.29) is 11.4 Å². The minimum Gasteiger partial charge on any atom is -0.465 e. The summed E-state index contributed by atoms with van der Waals surface area (Å²) in [5.74, 6) is 2.80. The summed E-state index contributed by atoms with van der Waals surface area (Å²) in [6.45, 7) is 1.95. The monoisotopic (exact) mass is 247 g/mol. The molecule has 18 heavy (non-hydrogen) atoms. The molecular formula is C15H21NO2. The number of nitrogens with zero attached hydrogens (tertiary/aromatic N) is 1. The minimum atomic E-state index is -0.207. The zero-order chi connectivity index (χ0) is 12.8. The number of esters is 1. The average Bonchev–Trinajstić information content (AvgIpc) is 2.31. The first-order chi connectivity index (χ1) is 8.64. The van der Waals surface area contributed by atoms with Crippen LogP contribution < -0.4 is 0 Å². The second-order valence-corrected chi connectivity index (χ2v) is 6.65. The summed E-state index contributed by atoms with van der Waals surface area (Å²) in [7, 11) is 0. The Bertz CT molecular complexity index is 368. The van der Waals surface area contributed by atoms with Crippen LogP contribution in [0.25, 0.3) is 0 Å². The second-order valence-electron chi connectivity index (χ2n) is 6.65. The van der Waals surface area contributed by atoms with E-state index < -0.39 is 0 Å². The van der Waals surface area contributed by atoms with Crippen molar-refractivity contribution in [2.24, 2.45) is 29.1 Å². The van der Waals surface area contributed by atoms with Crippen LogP contribution in [0, 0.1) is 40.4 Å². The van der Waals surface area contributed by atoms with Crippen LogP contribution in [0.15, 0.2) is 0 Å². The van der Waals surface area contributed by atoms with Crippen molar-refractivity contribution in [1.82, 2.24) is 0 Å². The van der Waals surface area contributed by atoms with Gasteiger partial charge >= 0.3 is 5.97 Å². The molecule has 0 aromatic rings. The van der Waals surface area contributed by atoms with Gasteiger partial charge in [0, 0.05) is 18.8 Å². The number of hydrogen-bond acceptors (Lipinski definition) is 3. The van der Waals surface area contributed by atoms with Gasteiger partial charge in [0.2, 0.25) is 0 Å².